The second-order valence-electron chi connectivity index (χ2n) is 5.99. The molecule has 0 aromatic heterocycles. The number of hydrogen-bond acceptors (Lipinski definition) is 3. The molecule has 1 saturated heterocycles. The zero-order valence-corrected chi connectivity index (χ0v) is 13.0. The zero-order valence-electron chi connectivity index (χ0n) is 13.0. The summed E-state index contributed by atoms with van der Waals surface area (Å²) in [6.45, 7) is 2.01. The van der Waals surface area contributed by atoms with E-state index in [4.69, 9.17) is 5.73 Å². The lowest BCUT2D eigenvalue weighted by Crippen LogP contribution is -2.51. The first-order valence-electron chi connectivity index (χ1n) is 7.69. The third kappa shape index (κ3) is 4.68. The predicted molar refractivity (Wildman–Crippen MR) is 81.6 cm³/mol. The van der Waals surface area contributed by atoms with E-state index in [1.807, 2.05) is 6.92 Å². The first-order chi connectivity index (χ1) is 10.8. The summed E-state index contributed by atoms with van der Waals surface area (Å²) in [5.41, 5.74) is 5.94. The maximum absolute atomic E-state index is 13.2. The molecule has 128 valence electrons. The Kier molecular flexibility index (Phi) is 5.64. The SMILES string of the molecule is C[C@@H]1C[C@@H](N)CCN1C(=O)CN[C@@H](c1ccccc1)C(F)(F)F. The summed E-state index contributed by atoms with van der Waals surface area (Å²) in [7, 11) is 0. The summed E-state index contributed by atoms with van der Waals surface area (Å²) in [5.74, 6) is -0.324. The number of halogens is 3. The maximum Gasteiger partial charge on any atom is 0.407 e. The van der Waals surface area contributed by atoms with Gasteiger partial charge in [-0.05, 0) is 25.3 Å². The average Bonchev–Trinajstić information content (AvgIpc) is 2.47. The number of amides is 1. The number of nitrogens with one attached hydrogen (secondary N) is 1. The number of piperidine rings is 1. The molecule has 0 bridgehead atoms. The van der Waals surface area contributed by atoms with Crippen molar-refractivity contribution in [1.29, 1.82) is 0 Å². The largest absolute Gasteiger partial charge is 0.407 e. The molecule has 7 heteroatoms. The van der Waals surface area contributed by atoms with Crippen LogP contribution in [-0.2, 0) is 4.79 Å². The fourth-order valence-corrected chi connectivity index (χ4v) is 2.94. The minimum Gasteiger partial charge on any atom is -0.339 e. The number of benzene rings is 1. The molecular weight excluding hydrogens is 307 g/mol. The van der Waals surface area contributed by atoms with Gasteiger partial charge in [-0.15, -0.1) is 0 Å². The van der Waals surface area contributed by atoms with E-state index in [1.165, 1.54) is 12.1 Å². The van der Waals surface area contributed by atoms with Gasteiger partial charge in [0, 0.05) is 18.6 Å². The van der Waals surface area contributed by atoms with Gasteiger partial charge in [-0.3, -0.25) is 10.1 Å². The summed E-state index contributed by atoms with van der Waals surface area (Å²) < 4.78 is 39.7. The molecule has 0 unspecified atom stereocenters. The molecule has 3 N–H and O–H groups in total. The van der Waals surface area contributed by atoms with E-state index in [0.717, 1.165) is 0 Å². The molecule has 4 nitrogen and oxygen atoms in total. The second-order valence-corrected chi connectivity index (χ2v) is 5.99. The van der Waals surface area contributed by atoms with Crippen molar-refractivity contribution >= 4 is 5.91 Å². The molecule has 1 heterocycles. The van der Waals surface area contributed by atoms with Crippen molar-refractivity contribution in [3.63, 3.8) is 0 Å². The fraction of sp³-hybridized carbons (Fsp3) is 0.562. The summed E-state index contributed by atoms with van der Waals surface area (Å²) in [4.78, 5) is 13.8. The standard InChI is InChI=1S/C16H22F3N3O/c1-11-9-13(20)7-8-22(11)14(23)10-21-15(16(17,18)19)12-5-3-2-4-6-12/h2-6,11,13,15,21H,7-10,20H2,1H3/t11-,13+,15+/m1/s1. The Bertz CT molecular complexity index is 521. The summed E-state index contributed by atoms with van der Waals surface area (Å²) >= 11 is 0. The number of nitrogens with two attached hydrogens (primary N) is 1. The predicted octanol–water partition coefficient (Wildman–Crippen LogP) is 2.22. The Balaban J connectivity index is 2.00. The highest BCUT2D eigenvalue weighted by molar-refractivity contribution is 5.78. The molecule has 0 radical (unpaired) electrons. The van der Waals surface area contributed by atoms with Crippen molar-refractivity contribution < 1.29 is 18.0 Å². The van der Waals surface area contributed by atoms with Gasteiger partial charge >= 0.3 is 6.18 Å². The van der Waals surface area contributed by atoms with Gasteiger partial charge in [0.25, 0.3) is 0 Å². The van der Waals surface area contributed by atoms with Gasteiger partial charge in [-0.1, -0.05) is 30.3 Å². The van der Waals surface area contributed by atoms with Crippen molar-refractivity contribution in [2.45, 2.75) is 44.1 Å². The molecule has 2 rings (SSSR count). The van der Waals surface area contributed by atoms with Crippen LogP contribution in [0.4, 0.5) is 13.2 Å². The normalized spacial score (nSPS) is 23.6. The summed E-state index contributed by atoms with van der Waals surface area (Å²) in [6, 6.07) is 5.70. The Morgan fingerprint density at radius 2 is 2.04 bits per heavy atom. The molecule has 23 heavy (non-hydrogen) atoms. The van der Waals surface area contributed by atoms with Crippen LogP contribution in [-0.4, -0.2) is 42.2 Å². The minimum absolute atomic E-state index is 0.0471. The zero-order chi connectivity index (χ0) is 17.0. The highest BCUT2D eigenvalue weighted by Crippen LogP contribution is 2.32. The summed E-state index contributed by atoms with van der Waals surface area (Å²) in [6.07, 6.45) is -3.11. The third-order valence-corrected chi connectivity index (χ3v) is 4.15. The summed E-state index contributed by atoms with van der Waals surface area (Å²) in [5, 5.41) is 2.36. The van der Waals surface area contributed by atoms with Crippen molar-refractivity contribution in [3.8, 4) is 0 Å². The van der Waals surface area contributed by atoms with Crippen LogP contribution in [0.1, 0.15) is 31.4 Å². The van der Waals surface area contributed by atoms with Gasteiger partial charge in [0.1, 0.15) is 6.04 Å². The van der Waals surface area contributed by atoms with Crippen LogP contribution in [0.3, 0.4) is 0 Å². The Morgan fingerprint density at radius 1 is 1.39 bits per heavy atom. The van der Waals surface area contributed by atoms with E-state index in [0.29, 0.717) is 19.4 Å². The number of nitrogens with zero attached hydrogens (tertiary/aromatic N) is 1. The van der Waals surface area contributed by atoms with Crippen LogP contribution in [0.25, 0.3) is 0 Å². The molecule has 0 spiro atoms. The van der Waals surface area contributed by atoms with E-state index in [-0.39, 0.29) is 30.1 Å². The van der Waals surface area contributed by atoms with Crippen LogP contribution >= 0.6 is 0 Å². The minimum atomic E-state index is -4.46. The smallest absolute Gasteiger partial charge is 0.339 e. The first-order valence-corrected chi connectivity index (χ1v) is 7.69. The van der Waals surface area contributed by atoms with E-state index >= 15 is 0 Å². The number of rotatable bonds is 4. The van der Waals surface area contributed by atoms with Crippen LogP contribution in [0.15, 0.2) is 30.3 Å². The fourth-order valence-electron chi connectivity index (χ4n) is 2.94. The quantitative estimate of drug-likeness (QED) is 0.890. The third-order valence-electron chi connectivity index (χ3n) is 4.15. The van der Waals surface area contributed by atoms with E-state index in [1.54, 1.807) is 23.1 Å². The van der Waals surface area contributed by atoms with Crippen molar-refractivity contribution in [3.05, 3.63) is 35.9 Å². The van der Waals surface area contributed by atoms with Gasteiger partial charge in [-0.25, -0.2) is 0 Å². The topological polar surface area (TPSA) is 58.4 Å². The van der Waals surface area contributed by atoms with E-state index in [2.05, 4.69) is 5.32 Å². The molecular formula is C16H22F3N3O. The number of carbonyl (C=O) groups is 1. The Hall–Kier alpha value is -1.60. The average molecular weight is 329 g/mol. The van der Waals surface area contributed by atoms with Crippen LogP contribution in [0.2, 0.25) is 0 Å². The lowest BCUT2D eigenvalue weighted by atomic mass is 9.99. The van der Waals surface area contributed by atoms with Crippen LogP contribution in [0, 0.1) is 0 Å². The number of carbonyl (C=O) groups excluding carboxylic acids is 1. The van der Waals surface area contributed by atoms with Gasteiger partial charge < -0.3 is 10.6 Å². The highest BCUT2D eigenvalue weighted by atomic mass is 19.4. The Morgan fingerprint density at radius 3 is 2.61 bits per heavy atom. The number of likely N-dealkylation sites (tertiary alicyclic amines) is 1. The molecule has 1 aliphatic heterocycles. The molecule has 0 saturated carbocycles. The molecule has 1 aromatic rings. The molecule has 1 fully saturated rings. The molecule has 1 aromatic carbocycles. The lowest BCUT2D eigenvalue weighted by molar-refractivity contribution is -0.159. The van der Waals surface area contributed by atoms with Crippen LogP contribution < -0.4 is 11.1 Å². The van der Waals surface area contributed by atoms with Gasteiger partial charge in [0.2, 0.25) is 5.91 Å². The van der Waals surface area contributed by atoms with Gasteiger partial charge in [-0.2, -0.15) is 13.2 Å². The number of hydrogen-bond donors (Lipinski definition) is 2. The van der Waals surface area contributed by atoms with Crippen molar-refractivity contribution in [2.24, 2.45) is 5.73 Å². The van der Waals surface area contributed by atoms with E-state index < -0.39 is 12.2 Å². The number of alkyl halides is 3. The van der Waals surface area contributed by atoms with Crippen molar-refractivity contribution in [1.82, 2.24) is 10.2 Å². The maximum atomic E-state index is 13.2. The first kappa shape index (κ1) is 17.7. The Labute approximate surface area is 133 Å². The highest BCUT2D eigenvalue weighted by Gasteiger charge is 2.41. The molecule has 3 atom stereocenters. The van der Waals surface area contributed by atoms with Gasteiger partial charge in [0.05, 0.1) is 6.54 Å². The molecule has 0 aliphatic carbocycles. The van der Waals surface area contributed by atoms with Crippen LogP contribution in [0.5, 0.6) is 0 Å². The second kappa shape index (κ2) is 7.31. The molecule has 1 aliphatic rings. The molecule has 1 amide bonds. The monoisotopic (exact) mass is 329 g/mol. The van der Waals surface area contributed by atoms with E-state index in [9.17, 15) is 18.0 Å². The van der Waals surface area contributed by atoms with Crippen molar-refractivity contribution in [2.75, 3.05) is 13.1 Å². The van der Waals surface area contributed by atoms with Gasteiger partial charge in [0.15, 0.2) is 0 Å². The lowest BCUT2D eigenvalue weighted by Gasteiger charge is -2.36.